The van der Waals surface area contributed by atoms with Crippen LogP contribution in [-0.2, 0) is 0 Å². The smallest absolute Gasteiger partial charge is 0.454 e. The standard InChI is InChI=1S/C20H11F6NO3S/c1-30-10-4-6-11(7-5-10)31-16-14(18(29)20(24,25)26)9-13(17(28)19(21,22)23)12-3-2-8-27-15(12)16/h2-9H,1H3. The predicted octanol–water partition coefficient (Wildman–Crippen LogP) is 5.88. The number of aromatic nitrogens is 1. The molecule has 0 spiro atoms. The van der Waals surface area contributed by atoms with Gasteiger partial charge in [0.15, 0.2) is 0 Å². The molecule has 3 rings (SSSR count). The summed E-state index contributed by atoms with van der Waals surface area (Å²) in [6.45, 7) is 0. The summed E-state index contributed by atoms with van der Waals surface area (Å²) in [6, 6.07) is 8.73. The maximum absolute atomic E-state index is 13.2. The van der Waals surface area contributed by atoms with E-state index < -0.39 is 35.0 Å². The Hall–Kier alpha value is -3.08. The number of ketones is 2. The normalized spacial score (nSPS) is 12.1. The summed E-state index contributed by atoms with van der Waals surface area (Å²) in [5.74, 6) is -4.29. The van der Waals surface area contributed by atoms with Crippen molar-refractivity contribution in [1.29, 1.82) is 0 Å². The zero-order valence-electron chi connectivity index (χ0n) is 15.5. The molecule has 11 heteroatoms. The zero-order chi connectivity index (χ0) is 23.0. The number of carbonyl (C=O) groups is 2. The van der Waals surface area contributed by atoms with Gasteiger partial charge in [0.05, 0.1) is 12.6 Å². The highest BCUT2D eigenvalue weighted by molar-refractivity contribution is 7.99. The summed E-state index contributed by atoms with van der Waals surface area (Å²) < 4.78 is 83.8. The number of rotatable bonds is 5. The second-order valence-corrected chi connectivity index (χ2v) is 7.22. The van der Waals surface area contributed by atoms with Gasteiger partial charge in [0.1, 0.15) is 5.75 Å². The Balaban J connectivity index is 2.30. The Labute approximate surface area is 175 Å². The summed E-state index contributed by atoms with van der Waals surface area (Å²) in [6.07, 6.45) is -9.59. The van der Waals surface area contributed by atoms with Crippen molar-refractivity contribution < 1.29 is 40.7 Å². The molecule has 1 aromatic heterocycles. The lowest BCUT2D eigenvalue weighted by molar-refractivity contribution is -0.0888. The molecule has 162 valence electrons. The molecule has 2 aromatic carbocycles. The van der Waals surface area contributed by atoms with E-state index in [1.807, 2.05) is 0 Å². The third-order valence-electron chi connectivity index (χ3n) is 4.13. The second kappa shape index (κ2) is 8.22. The van der Waals surface area contributed by atoms with Gasteiger partial charge in [-0.15, -0.1) is 0 Å². The van der Waals surface area contributed by atoms with Gasteiger partial charge in [-0.25, -0.2) is 0 Å². The topological polar surface area (TPSA) is 56.3 Å². The van der Waals surface area contributed by atoms with E-state index >= 15 is 0 Å². The van der Waals surface area contributed by atoms with E-state index in [1.54, 1.807) is 0 Å². The van der Waals surface area contributed by atoms with E-state index in [-0.39, 0.29) is 15.8 Å². The van der Waals surface area contributed by atoms with Crippen LogP contribution in [0.4, 0.5) is 26.3 Å². The maximum atomic E-state index is 13.2. The number of fused-ring (bicyclic) bond motifs is 1. The first kappa shape index (κ1) is 22.6. The molecule has 0 aliphatic carbocycles. The fourth-order valence-electron chi connectivity index (χ4n) is 2.75. The molecule has 0 fully saturated rings. The highest BCUT2D eigenvalue weighted by Gasteiger charge is 2.44. The van der Waals surface area contributed by atoms with Gasteiger partial charge in [-0.1, -0.05) is 17.8 Å². The zero-order valence-corrected chi connectivity index (χ0v) is 16.3. The van der Waals surface area contributed by atoms with Gasteiger partial charge in [0.2, 0.25) is 0 Å². The molecule has 0 N–H and O–H groups in total. The third kappa shape index (κ3) is 4.66. The number of benzene rings is 2. The molecule has 0 aliphatic heterocycles. The lowest BCUT2D eigenvalue weighted by Crippen LogP contribution is -2.26. The first-order chi connectivity index (χ1) is 14.4. The number of halogens is 6. The van der Waals surface area contributed by atoms with Crippen LogP contribution in [0.3, 0.4) is 0 Å². The van der Waals surface area contributed by atoms with Crippen molar-refractivity contribution in [2.75, 3.05) is 7.11 Å². The summed E-state index contributed by atoms with van der Waals surface area (Å²) in [5.41, 5.74) is -2.50. The summed E-state index contributed by atoms with van der Waals surface area (Å²) in [4.78, 5) is 27.9. The van der Waals surface area contributed by atoms with Crippen LogP contribution in [0.1, 0.15) is 20.7 Å². The van der Waals surface area contributed by atoms with E-state index in [2.05, 4.69) is 4.98 Å². The number of hydrogen-bond donors (Lipinski definition) is 0. The molecule has 0 saturated heterocycles. The van der Waals surface area contributed by atoms with Crippen LogP contribution in [0.5, 0.6) is 5.75 Å². The summed E-state index contributed by atoms with van der Waals surface area (Å²) >= 11 is 0.704. The van der Waals surface area contributed by atoms with Crippen LogP contribution in [0.15, 0.2) is 58.5 Å². The average molecular weight is 459 g/mol. The van der Waals surface area contributed by atoms with Gasteiger partial charge in [-0.2, -0.15) is 26.3 Å². The molecule has 0 unspecified atom stereocenters. The summed E-state index contributed by atoms with van der Waals surface area (Å²) in [5, 5.41) is -0.320. The van der Waals surface area contributed by atoms with Gasteiger partial charge in [0, 0.05) is 32.5 Å². The lowest BCUT2D eigenvalue weighted by Gasteiger charge is -2.16. The predicted molar refractivity (Wildman–Crippen MR) is 99.6 cm³/mol. The monoisotopic (exact) mass is 459 g/mol. The van der Waals surface area contributed by atoms with Crippen LogP contribution in [0.25, 0.3) is 10.9 Å². The van der Waals surface area contributed by atoms with E-state index in [0.717, 1.165) is 12.3 Å². The SMILES string of the molecule is COc1ccc(Sc2c(C(=O)C(F)(F)F)cc(C(=O)C(F)(F)F)c3cccnc23)cc1. The number of nitrogens with zero attached hydrogens (tertiary/aromatic N) is 1. The van der Waals surface area contributed by atoms with Crippen LogP contribution < -0.4 is 4.74 Å². The van der Waals surface area contributed by atoms with Crippen molar-refractivity contribution in [3.05, 3.63) is 59.8 Å². The molecule has 0 radical (unpaired) electrons. The third-order valence-corrected chi connectivity index (χ3v) is 5.26. The van der Waals surface area contributed by atoms with Gasteiger partial charge in [-0.05, 0) is 36.4 Å². The molecule has 1 heterocycles. The molecular weight excluding hydrogens is 448 g/mol. The number of carbonyl (C=O) groups excluding carboxylic acids is 2. The van der Waals surface area contributed by atoms with Crippen molar-refractivity contribution in [2.24, 2.45) is 0 Å². The quantitative estimate of drug-likeness (QED) is 0.352. The Kier molecular flexibility index (Phi) is 5.99. The lowest BCUT2D eigenvalue weighted by atomic mass is 9.98. The number of methoxy groups -OCH3 is 1. The molecule has 0 amide bonds. The molecule has 0 atom stereocenters. The molecule has 31 heavy (non-hydrogen) atoms. The average Bonchev–Trinajstić information content (AvgIpc) is 2.72. The van der Waals surface area contributed by atoms with Crippen LogP contribution >= 0.6 is 11.8 Å². The largest absolute Gasteiger partial charge is 0.497 e. The van der Waals surface area contributed by atoms with Crippen molar-refractivity contribution in [2.45, 2.75) is 22.1 Å². The molecule has 0 aliphatic rings. The number of hydrogen-bond acceptors (Lipinski definition) is 5. The van der Waals surface area contributed by atoms with Gasteiger partial charge in [0.25, 0.3) is 11.6 Å². The van der Waals surface area contributed by atoms with Crippen LogP contribution in [-0.4, -0.2) is 36.0 Å². The fourth-order valence-corrected chi connectivity index (χ4v) is 3.77. The summed E-state index contributed by atoms with van der Waals surface area (Å²) in [7, 11) is 1.41. The van der Waals surface area contributed by atoms with E-state index in [0.29, 0.717) is 28.5 Å². The van der Waals surface area contributed by atoms with Gasteiger partial charge < -0.3 is 4.74 Å². The van der Waals surface area contributed by atoms with Crippen molar-refractivity contribution in [3.8, 4) is 5.75 Å². The molecule has 0 saturated carbocycles. The van der Waals surface area contributed by atoms with Crippen LogP contribution in [0, 0.1) is 0 Å². The Morgan fingerprint density at radius 1 is 0.903 bits per heavy atom. The minimum Gasteiger partial charge on any atom is -0.497 e. The van der Waals surface area contributed by atoms with Gasteiger partial charge >= 0.3 is 12.4 Å². The van der Waals surface area contributed by atoms with Crippen molar-refractivity contribution in [1.82, 2.24) is 4.98 Å². The molecule has 4 nitrogen and oxygen atoms in total. The molecule has 3 aromatic rings. The van der Waals surface area contributed by atoms with Crippen molar-refractivity contribution >= 4 is 34.2 Å². The van der Waals surface area contributed by atoms with E-state index in [9.17, 15) is 35.9 Å². The van der Waals surface area contributed by atoms with Crippen molar-refractivity contribution in [3.63, 3.8) is 0 Å². The fraction of sp³-hybridized carbons (Fsp3) is 0.150. The maximum Gasteiger partial charge on any atom is 0.454 e. The number of ether oxygens (including phenoxy) is 1. The highest BCUT2D eigenvalue weighted by Crippen LogP contribution is 2.41. The first-order valence-electron chi connectivity index (χ1n) is 8.40. The Bertz CT molecular complexity index is 1160. The van der Waals surface area contributed by atoms with Crippen LogP contribution in [0.2, 0.25) is 0 Å². The minimum absolute atomic E-state index is 0.318. The highest BCUT2D eigenvalue weighted by atomic mass is 32.2. The number of Topliss-reactive ketones (excluding diaryl/α,β-unsaturated/α-hetero) is 2. The minimum atomic E-state index is -5.38. The molecule has 0 bridgehead atoms. The number of alkyl halides is 6. The van der Waals surface area contributed by atoms with E-state index in [1.165, 1.54) is 37.4 Å². The van der Waals surface area contributed by atoms with E-state index in [4.69, 9.17) is 4.74 Å². The number of pyridine rings is 1. The first-order valence-corrected chi connectivity index (χ1v) is 9.22. The Morgan fingerprint density at radius 2 is 1.48 bits per heavy atom. The molecular formula is C20H11F6NO3S. The Morgan fingerprint density at radius 3 is 2.03 bits per heavy atom. The van der Waals surface area contributed by atoms with Gasteiger partial charge in [-0.3, -0.25) is 14.6 Å². The second-order valence-electron chi connectivity index (χ2n) is 6.13.